The van der Waals surface area contributed by atoms with E-state index in [9.17, 15) is 0 Å². The first-order valence-corrected chi connectivity index (χ1v) is 9.59. The van der Waals surface area contributed by atoms with Crippen LogP contribution in [-0.4, -0.2) is 8.07 Å². The van der Waals surface area contributed by atoms with Gasteiger partial charge in [-0.3, -0.25) is 0 Å². The van der Waals surface area contributed by atoms with Gasteiger partial charge in [-0.25, -0.2) is 0 Å². The number of rotatable bonds is 4. The number of hydrogen-bond acceptors (Lipinski definition) is 0. The van der Waals surface area contributed by atoms with Crippen molar-refractivity contribution in [3.8, 4) is 0 Å². The van der Waals surface area contributed by atoms with Gasteiger partial charge in [0.2, 0.25) is 0 Å². The molecular formula is C17H20Si. The second-order valence-corrected chi connectivity index (χ2v) is 10.1. The highest BCUT2D eigenvalue weighted by Crippen LogP contribution is 2.13. The molecule has 0 amide bonds. The molecule has 2 aromatic rings. The van der Waals surface area contributed by atoms with Crippen LogP contribution in [0.1, 0.15) is 11.1 Å². The Morgan fingerprint density at radius 1 is 0.944 bits per heavy atom. The lowest BCUT2D eigenvalue weighted by molar-refractivity contribution is 1.32. The lowest BCUT2D eigenvalue weighted by atomic mass is 10.2. The van der Waals surface area contributed by atoms with Crippen molar-refractivity contribution in [1.29, 1.82) is 0 Å². The molecule has 0 unspecified atom stereocenters. The molecule has 0 nitrogen and oxygen atoms in total. The Labute approximate surface area is 111 Å². The summed E-state index contributed by atoms with van der Waals surface area (Å²) in [7, 11) is -1.39. The van der Waals surface area contributed by atoms with Crippen LogP contribution in [0.25, 0.3) is 6.08 Å². The van der Waals surface area contributed by atoms with Crippen LogP contribution in [0, 0.1) is 0 Å². The normalized spacial score (nSPS) is 11.2. The van der Waals surface area contributed by atoms with Crippen molar-refractivity contribution < 1.29 is 0 Å². The van der Waals surface area contributed by atoms with Crippen molar-refractivity contribution in [3.63, 3.8) is 0 Å². The Kier molecular flexibility index (Phi) is 3.83. The molecular weight excluding hydrogens is 232 g/mol. The van der Waals surface area contributed by atoms with Crippen LogP contribution in [0.2, 0.25) is 13.1 Å². The third-order valence-electron chi connectivity index (χ3n) is 3.42. The second kappa shape index (κ2) is 5.36. The summed E-state index contributed by atoms with van der Waals surface area (Å²) in [5, 5.41) is 1.51. The summed E-state index contributed by atoms with van der Waals surface area (Å²) in [4.78, 5) is 0. The summed E-state index contributed by atoms with van der Waals surface area (Å²) < 4.78 is 0. The van der Waals surface area contributed by atoms with Crippen molar-refractivity contribution in [2.75, 3.05) is 0 Å². The van der Waals surface area contributed by atoms with Gasteiger partial charge in [-0.1, -0.05) is 91.1 Å². The van der Waals surface area contributed by atoms with Crippen LogP contribution in [0.5, 0.6) is 0 Å². The van der Waals surface area contributed by atoms with Crippen molar-refractivity contribution in [3.05, 3.63) is 72.3 Å². The maximum absolute atomic E-state index is 3.80. The zero-order valence-corrected chi connectivity index (χ0v) is 12.2. The lowest BCUT2D eigenvalue weighted by Gasteiger charge is -2.23. The number of benzene rings is 2. The standard InChI is InChI=1S/C17H20Si/c1-4-15-10-12-17(13-11-15)18(2,3)14-16-8-6-5-7-9-16/h4-13H,1,14H2,2-3H3. The molecule has 0 saturated carbocycles. The van der Waals surface area contributed by atoms with E-state index in [2.05, 4.69) is 74.3 Å². The van der Waals surface area contributed by atoms with Gasteiger partial charge in [0.25, 0.3) is 0 Å². The van der Waals surface area contributed by atoms with Crippen molar-refractivity contribution in [2.45, 2.75) is 19.1 Å². The first-order valence-electron chi connectivity index (χ1n) is 6.39. The average Bonchev–Trinajstić information content (AvgIpc) is 2.39. The SMILES string of the molecule is C=Cc1ccc([Si](C)(C)Cc2ccccc2)cc1. The summed E-state index contributed by atoms with van der Waals surface area (Å²) in [5.74, 6) is 0. The Hall–Kier alpha value is -1.60. The van der Waals surface area contributed by atoms with Gasteiger partial charge in [0.15, 0.2) is 0 Å². The number of hydrogen-bond donors (Lipinski definition) is 0. The lowest BCUT2D eigenvalue weighted by Crippen LogP contribution is -2.43. The molecule has 0 aliphatic heterocycles. The predicted octanol–water partition coefficient (Wildman–Crippen LogP) is 4.03. The van der Waals surface area contributed by atoms with E-state index in [1.165, 1.54) is 22.4 Å². The summed E-state index contributed by atoms with van der Waals surface area (Å²) in [6, 6.07) is 20.9. The Bertz CT molecular complexity index is 509. The van der Waals surface area contributed by atoms with Gasteiger partial charge in [-0.05, 0) is 11.6 Å². The third kappa shape index (κ3) is 2.99. The molecule has 0 saturated heterocycles. The summed E-state index contributed by atoms with van der Waals surface area (Å²) in [6.45, 7) is 8.67. The highest BCUT2D eigenvalue weighted by Gasteiger charge is 2.23. The first kappa shape index (κ1) is 12.8. The fraction of sp³-hybridized carbons (Fsp3) is 0.176. The smallest absolute Gasteiger partial charge is 0.0849 e. The van der Waals surface area contributed by atoms with Gasteiger partial charge < -0.3 is 0 Å². The van der Waals surface area contributed by atoms with E-state index in [1.54, 1.807) is 0 Å². The fourth-order valence-electron chi connectivity index (χ4n) is 2.28. The quantitative estimate of drug-likeness (QED) is 0.721. The topological polar surface area (TPSA) is 0 Å². The molecule has 0 atom stereocenters. The Morgan fingerprint density at radius 2 is 1.56 bits per heavy atom. The zero-order chi connectivity index (χ0) is 13.0. The summed E-state index contributed by atoms with van der Waals surface area (Å²) in [5.41, 5.74) is 2.64. The Morgan fingerprint density at radius 3 is 2.11 bits per heavy atom. The van der Waals surface area contributed by atoms with Gasteiger partial charge in [0, 0.05) is 0 Å². The van der Waals surface area contributed by atoms with E-state index in [0.717, 1.165) is 0 Å². The minimum absolute atomic E-state index is 1.20. The van der Waals surface area contributed by atoms with Crippen LogP contribution in [-0.2, 0) is 6.04 Å². The van der Waals surface area contributed by atoms with E-state index in [-0.39, 0.29) is 0 Å². The highest BCUT2D eigenvalue weighted by molar-refractivity contribution is 6.89. The molecule has 0 aromatic heterocycles. The van der Waals surface area contributed by atoms with E-state index in [1.807, 2.05) is 6.08 Å². The first-order chi connectivity index (χ1) is 8.62. The van der Waals surface area contributed by atoms with Crippen LogP contribution in [0.4, 0.5) is 0 Å². The maximum Gasteiger partial charge on any atom is 0.0849 e. The third-order valence-corrected chi connectivity index (χ3v) is 6.61. The maximum atomic E-state index is 3.80. The van der Waals surface area contributed by atoms with Gasteiger partial charge >= 0.3 is 0 Å². The molecule has 0 bridgehead atoms. The van der Waals surface area contributed by atoms with Gasteiger partial charge in [0.05, 0.1) is 8.07 Å². The van der Waals surface area contributed by atoms with Crippen molar-refractivity contribution in [2.24, 2.45) is 0 Å². The minimum atomic E-state index is -1.39. The average molecular weight is 252 g/mol. The van der Waals surface area contributed by atoms with Gasteiger partial charge in [-0.2, -0.15) is 0 Å². The van der Waals surface area contributed by atoms with Crippen LogP contribution < -0.4 is 5.19 Å². The summed E-state index contributed by atoms with van der Waals surface area (Å²) in [6.07, 6.45) is 1.90. The predicted molar refractivity (Wildman–Crippen MR) is 83.8 cm³/mol. The molecule has 18 heavy (non-hydrogen) atoms. The fourth-order valence-corrected chi connectivity index (χ4v) is 4.81. The van der Waals surface area contributed by atoms with Crippen LogP contribution in [0.3, 0.4) is 0 Å². The molecule has 0 fully saturated rings. The molecule has 0 N–H and O–H groups in total. The van der Waals surface area contributed by atoms with Crippen LogP contribution in [0.15, 0.2) is 61.2 Å². The molecule has 2 aromatic carbocycles. The zero-order valence-electron chi connectivity index (χ0n) is 11.2. The van der Waals surface area contributed by atoms with Crippen LogP contribution >= 0.6 is 0 Å². The summed E-state index contributed by atoms with van der Waals surface area (Å²) >= 11 is 0. The van der Waals surface area contributed by atoms with Crippen molar-refractivity contribution in [1.82, 2.24) is 0 Å². The Balaban J connectivity index is 2.21. The molecule has 0 aliphatic rings. The molecule has 1 heteroatoms. The van der Waals surface area contributed by atoms with E-state index in [0.29, 0.717) is 0 Å². The largest absolute Gasteiger partial charge is 0.0985 e. The minimum Gasteiger partial charge on any atom is -0.0985 e. The van der Waals surface area contributed by atoms with E-state index >= 15 is 0 Å². The molecule has 2 rings (SSSR count). The monoisotopic (exact) mass is 252 g/mol. The van der Waals surface area contributed by atoms with Gasteiger partial charge in [0.1, 0.15) is 0 Å². The molecule has 0 aliphatic carbocycles. The molecule has 0 heterocycles. The van der Waals surface area contributed by atoms with E-state index in [4.69, 9.17) is 0 Å². The molecule has 0 radical (unpaired) electrons. The highest BCUT2D eigenvalue weighted by atomic mass is 28.3. The van der Waals surface area contributed by atoms with Crippen molar-refractivity contribution >= 4 is 19.3 Å². The molecule has 92 valence electrons. The second-order valence-electron chi connectivity index (χ2n) is 5.37. The molecule has 0 spiro atoms. The van der Waals surface area contributed by atoms with E-state index < -0.39 is 8.07 Å². The van der Waals surface area contributed by atoms with Gasteiger partial charge in [-0.15, -0.1) is 0 Å².